The molecule has 3 aromatic heterocycles. The third-order valence-corrected chi connectivity index (χ3v) is 4.45. The summed E-state index contributed by atoms with van der Waals surface area (Å²) in [6.07, 6.45) is 6.14. The first-order chi connectivity index (χ1) is 11.9. The Balaban J connectivity index is 0.00000196. The van der Waals surface area contributed by atoms with E-state index in [9.17, 15) is 19.1 Å². The van der Waals surface area contributed by atoms with E-state index in [1.807, 2.05) is 0 Å². The molecule has 26 heavy (non-hydrogen) atoms. The molecule has 3 N–H and O–H groups in total. The number of anilines is 1. The quantitative estimate of drug-likeness (QED) is 0.729. The van der Waals surface area contributed by atoms with E-state index in [1.165, 1.54) is 23.9 Å². The maximum Gasteiger partial charge on any atom is 0.341 e. The average molecular weight is 379 g/mol. The van der Waals surface area contributed by atoms with E-state index in [-0.39, 0.29) is 40.8 Å². The summed E-state index contributed by atoms with van der Waals surface area (Å²) in [5.74, 6) is -1.98. The first kappa shape index (κ1) is 17.9. The molecule has 3 aromatic rings. The van der Waals surface area contributed by atoms with Crippen molar-refractivity contribution in [3.05, 3.63) is 51.8 Å². The lowest BCUT2D eigenvalue weighted by atomic mass is 10.1. The van der Waals surface area contributed by atoms with E-state index >= 15 is 0 Å². The van der Waals surface area contributed by atoms with Crippen LogP contribution in [0.5, 0.6) is 0 Å². The third-order valence-electron chi connectivity index (χ3n) is 4.45. The van der Waals surface area contributed by atoms with Gasteiger partial charge in [-0.25, -0.2) is 14.2 Å². The van der Waals surface area contributed by atoms with Crippen molar-refractivity contribution in [3.63, 3.8) is 0 Å². The van der Waals surface area contributed by atoms with E-state index in [0.29, 0.717) is 11.3 Å². The predicted octanol–water partition coefficient (Wildman–Crippen LogP) is 2.67. The number of hydrogen-bond donors (Lipinski definition) is 2. The Morgan fingerprint density at radius 3 is 2.62 bits per heavy atom. The highest BCUT2D eigenvalue weighted by atomic mass is 35.5. The van der Waals surface area contributed by atoms with Crippen molar-refractivity contribution in [1.82, 2.24) is 14.1 Å². The Morgan fingerprint density at radius 1 is 1.38 bits per heavy atom. The molecule has 4 rings (SSSR count). The van der Waals surface area contributed by atoms with Crippen LogP contribution in [0.25, 0.3) is 16.9 Å². The normalized spacial score (nSPS) is 13.6. The molecular weight excluding hydrogens is 363 g/mol. The number of nitrogens with zero attached hydrogens (tertiary/aromatic N) is 3. The monoisotopic (exact) mass is 378 g/mol. The molecule has 0 amide bonds. The summed E-state index contributed by atoms with van der Waals surface area (Å²) in [5, 5.41) is 9.31. The highest BCUT2D eigenvalue weighted by Gasteiger charge is 2.29. The molecule has 1 aliphatic carbocycles. The Labute approximate surface area is 153 Å². The number of carbonyl (C=O) groups is 1. The van der Waals surface area contributed by atoms with Crippen molar-refractivity contribution in [3.8, 4) is 5.82 Å². The number of pyridine rings is 2. The van der Waals surface area contributed by atoms with Crippen LogP contribution in [0.15, 0.2) is 29.5 Å². The Hall–Kier alpha value is -2.87. The largest absolute Gasteiger partial charge is 0.477 e. The molecule has 3 heterocycles. The number of halogens is 2. The smallest absolute Gasteiger partial charge is 0.341 e. The Morgan fingerprint density at radius 2 is 2.08 bits per heavy atom. The predicted molar refractivity (Wildman–Crippen MR) is 96.9 cm³/mol. The number of nitrogen functional groups attached to an aromatic ring is 1. The molecule has 9 heteroatoms. The topological polar surface area (TPSA) is 103 Å². The van der Waals surface area contributed by atoms with Gasteiger partial charge in [-0.3, -0.25) is 4.79 Å². The molecule has 0 bridgehead atoms. The molecule has 0 spiro atoms. The lowest BCUT2D eigenvalue weighted by Crippen LogP contribution is -2.21. The molecule has 7 nitrogen and oxygen atoms in total. The molecule has 1 saturated carbocycles. The molecule has 1 fully saturated rings. The molecule has 0 radical (unpaired) electrons. The summed E-state index contributed by atoms with van der Waals surface area (Å²) in [5.41, 5.74) is 5.42. The first-order valence-electron chi connectivity index (χ1n) is 7.80. The van der Waals surface area contributed by atoms with Crippen LogP contribution in [0.4, 0.5) is 10.1 Å². The van der Waals surface area contributed by atoms with Crippen LogP contribution in [0.2, 0.25) is 0 Å². The summed E-state index contributed by atoms with van der Waals surface area (Å²) >= 11 is 0. The molecular formula is C17H16ClFN4O3. The van der Waals surface area contributed by atoms with Gasteiger partial charge in [-0.2, -0.15) is 0 Å². The number of hydrogen-bond acceptors (Lipinski definition) is 4. The van der Waals surface area contributed by atoms with Crippen LogP contribution in [0, 0.1) is 12.7 Å². The standard InChI is InChI=1S/C17H15FN4O3.ClH/c1-8-12-14(23)11(17(24)25)7-22(10-2-3-10)15(12)20-16(13(8)18)21-5-4-9(19)6-21;/h4-7,10H,2-3,19H2,1H3,(H,24,25);1H. The van der Waals surface area contributed by atoms with Crippen LogP contribution in [-0.2, 0) is 0 Å². The zero-order valence-electron chi connectivity index (χ0n) is 13.8. The van der Waals surface area contributed by atoms with Crippen LogP contribution in [0.1, 0.15) is 34.8 Å². The minimum absolute atomic E-state index is 0. The summed E-state index contributed by atoms with van der Waals surface area (Å²) < 4.78 is 18.0. The van der Waals surface area contributed by atoms with Crippen LogP contribution < -0.4 is 11.2 Å². The van der Waals surface area contributed by atoms with E-state index in [0.717, 1.165) is 12.8 Å². The minimum Gasteiger partial charge on any atom is -0.477 e. The molecule has 136 valence electrons. The molecule has 0 unspecified atom stereocenters. The second kappa shape index (κ2) is 6.14. The second-order valence-corrected chi connectivity index (χ2v) is 6.24. The van der Waals surface area contributed by atoms with Gasteiger partial charge in [-0.15, -0.1) is 12.4 Å². The van der Waals surface area contributed by atoms with Crippen molar-refractivity contribution >= 4 is 35.1 Å². The van der Waals surface area contributed by atoms with Crippen molar-refractivity contribution in [2.75, 3.05) is 5.73 Å². The van der Waals surface area contributed by atoms with Gasteiger partial charge in [-0.1, -0.05) is 0 Å². The van der Waals surface area contributed by atoms with E-state index < -0.39 is 17.2 Å². The fraction of sp³-hybridized carbons (Fsp3) is 0.235. The van der Waals surface area contributed by atoms with Gasteiger partial charge in [0.15, 0.2) is 11.6 Å². The van der Waals surface area contributed by atoms with E-state index in [2.05, 4.69) is 4.98 Å². The van der Waals surface area contributed by atoms with Crippen LogP contribution >= 0.6 is 12.4 Å². The summed E-state index contributed by atoms with van der Waals surface area (Å²) in [4.78, 5) is 28.3. The first-order valence-corrected chi connectivity index (χ1v) is 7.80. The van der Waals surface area contributed by atoms with Gasteiger partial charge in [0, 0.05) is 35.9 Å². The molecule has 0 atom stereocenters. The van der Waals surface area contributed by atoms with E-state index in [4.69, 9.17) is 5.73 Å². The summed E-state index contributed by atoms with van der Waals surface area (Å²) in [6.45, 7) is 1.46. The van der Waals surface area contributed by atoms with Gasteiger partial charge in [0.2, 0.25) is 5.43 Å². The molecule has 1 aliphatic rings. The van der Waals surface area contributed by atoms with Gasteiger partial charge < -0.3 is 20.0 Å². The summed E-state index contributed by atoms with van der Waals surface area (Å²) in [6, 6.07) is 1.68. The van der Waals surface area contributed by atoms with E-state index in [1.54, 1.807) is 16.8 Å². The van der Waals surface area contributed by atoms with Crippen molar-refractivity contribution in [2.24, 2.45) is 0 Å². The zero-order valence-corrected chi connectivity index (χ0v) is 14.6. The average Bonchev–Trinajstić information content (AvgIpc) is 3.31. The van der Waals surface area contributed by atoms with Gasteiger partial charge in [0.25, 0.3) is 0 Å². The Kier molecular flexibility index (Phi) is 4.23. The Bertz CT molecular complexity index is 1100. The van der Waals surface area contributed by atoms with Crippen molar-refractivity contribution < 1.29 is 14.3 Å². The number of rotatable bonds is 3. The van der Waals surface area contributed by atoms with Crippen molar-refractivity contribution in [1.29, 1.82) is 0 Å². The third kappa shape index (κ3) is 2.62. The number of carboxylic acids is 1. The number of aromatic nitrogens is 3. The lowest BCUT2D eigenvalue weighted by Gasteiger charge is -2.15. The number of nitrogens with two attached hydrogens (primary N) is 1. The molecule has 0 aliphatic heterocycles. The molecule has 0 saturated heterocycles. The highest BCUT2D eigenvalue weighted by Crippen LogP contribution is 2.37. The summed E-state index contributed by atoms with van der Waals surface area (Å²) in [7, 11) is 0. The number of aryl methyl sites for hydroxylation is 1. The number of aromatic carboxylic acids is 1. The SMILES string of the molecule is Cc1c(F)c(-n2ccc(N)c2)nc2c1c(=O)c(C(=O)O)cn2C1CC1.Cl. The number of carboxylic acid groups (broad SMARTS) is 1. The zero-order chi connectivity index (χ0) is 17.9. The highest BCUT2D eigenvalue weighted by molar-refractivity contribution is 5.93. The van der Waals surface area contributed by atoms with Gasteiger partial charge in [0.05, 0.1) is 5.39 Å². The minimum atomic E-state index is -1.33. The lowest BCUT2D eigenvalue weighted by molar-refractivity contribution is 0.0695. The maximum atomic E-state index is 14.9. The fourth-order valence-corrected chi connectivity index (χ4v) is 3.00. The number of fused-ring (bicyclic) bond motifs is 1. The van der Waals surface area contributed by atoms with Gasteiger partial charge in [0.1, 0.15) is 11.2 Å². The molecule has 0 aromatic carbocycles. The fourth-order valence-electron chi connectivity index (χ4n) is 3.00. The van der Waals surface area contributed by atoms with Gasteiger partial charge >= 0.3 is 5.97 Å². The van der Waals surface area contributed by atoms with Crippen LogP contribution in [0.3, 0.4) is 0 Å². The van der Waals surface area contributed by atoms with Crippen LogP contribution in [-0.4, -0.2) is 25.2 Å². The maximum absolute atomic E-state index is 14.9. The van der Waals surface area contributed by atoms with Gasteiger partial charge in [-0.05, 0) is 25.8 Å². The second-order valence-electron chi connectivity index (χ2n) is 6.24. The van der Waals surface area contributed by atoms with Crippen molar-refractivity contribution in [2.45, 2.75) is 25.8 Å².